The average Bonchev–Trinajstić information content (AvgIpc) is 2.68. The van der Waals surface area contributed by atoms with E-state index < -0.39 is 5.97 Å². The number of nitrogens with zero attached hydrogens (tertiary/aromatic N) is 1. The number of hydrogen-bond donors (Lipinski definition) is 1. The quantitative estimate of drug-likeness (QED) is 0.760. The van der Waals surface area contributed by atoms with Gasteiger partial charge in [-0.1, -0.05) is 25.1 Å². The van der Waals surface area contributed by atoms with Crippen molar-refractivity contribution in [3.05, 3.63) is 59.7 Å². The number of nitrogens with one attached hydrogen (secondary N) is 1. The predicted molar refractivity (Wildman–Crippen MR) is 105 cm³/mol. The Hall–Kier alpha value is -3.15. The van der Waals surface area contributed by atoms with E-state index in [9.17, 15) is 14.4 Å². The molecule has 27 heavy (non-hydrogen) atoms. The Bertz CT molecular complexity index is 815. The van der Waals surface area contributed by atoms with Crippen LogP contribution >= 0.6 is 0 Å². The fraction of sp³-hybridized carbons (Fsp3) is 0.286. The number of esters is 1. The molecule has 1 N–H and O–H groups in total. The van der Waals surface area contributed by atoms with Crippen LogP contribution in [-0.4, -0.2) is 31.4 Å². The summed E-state index contributed by atoms with van der Waals surface area (Å²) in [4.78, 5) is 37.3. The third-order valence-corrected chi connectivity index (χ3v) is 4.22. The summed E-state index contributed by atoms with van der Waals surface area (Å²) >= 11 is 0. The van der Waals surface area contributed by atoms with Gasteiger partial charge in [0.15, 0.2) is 0 Å². The van der Waals surface area contributed by atoms with Crippen molar-refractivity contribution in [3.63, 3.8) is 0 Å². The Labute approximate surface area is 159 Å². The second kappa shape index (κ2) is 9.52. The fourth-order valence-corrected chi connectivity index (χ4v) is 2.74. The minimum absolute atomic E-state index is 0.159. The Morgan fingerprint density at radius 1 is 1.04 bits per heavy atom. The summed E-state index contributed by atoms with van der Waals surface area (Å²) < 4.78 is 4.67. The maximum Gasteiger partial charge on any atom is 0.337 e. The number of methoxy groups -OCH3 is 1. The van der Waals surface area contributed by atoms with E-state index in [1.807, 2.05) is 31.2 Å². The van der Waals surface area contributed by atoms with Crippen molar-refractivity contribution in [3.8, 4) is 0 Å². The molecule has 0 unspecified atom stereocenters. The van der Waals surface area contributed by atoms with Crippen molar-refractivity contribution in [1.29, 1.82) is 0 Å². The van der Waals surface area contributed by atoms with Crippen molar-refractivity contribution in [2.45, 2.75) is 26.7 Å². The minimum Gasteiger partial charge on any atom is -0.465 e. The van der Waals surface area contributed by atoms with Crippen LogP contribution in [-0.2, 0) is 20.7 Å². The van der Waals surface area contributed by atoms with Crippen LogP contribution in [0, 0.1) is 0 Å². The first-order valence-electron chi connectivity index (χ1n) is 8.80. The number of rotatable bonds is 7. The number of para-hydroxylation sites is 1. The standard InChI is InChI=1S/C21H24N2O4/c1-4-16-7-5-6-8-19(16)22-20(25)13-14-23(15(2)24)18-11-9-17(10-12-18)21(26)27-3/h5-12H,4,13-14H2,1-3H3,(H,22,25). The van der Waals surface area contributed by atoms with Crippen molar-refractivity contribution in [1.82, 2.24) is 0 Å². The molecule has 0 aromatic heterocycles. The molecule has 0 spiro atoms. The van der Waals surface area contributed by atoms with Crippen molar-refractivity contribution < 1.29 is 19.1 Å². The van der Waals surface area contributed by atoms with E-state index in [1.54, 1.807) is 24.3 Å². The highest BCUT2D eigenvalue weighted by atomic mass is 16.5. The van der Waals surface area contributed by atoms with Crippen molar-refractivity contribution in [2.75, 3.05) is 23.9 Å². The number of anilines is 2. The third kappa shape index (κ3) is 5.41. The molecule has 0 saturated carbocycles. The molecule has 0 atom stereocenters. The van der Waals surface area contributed by atoms with Crippen LogP contribution in [0.15, 0.2) is 48.5 Å². The van der Waals surface area contributed by atoms with Gasteiger partial charge < -0.3 is 15.0 Å². The maximum absolute atomic E-state index is 12.3. The van der Waals surface area contributed by atoms with Gasteiger partial charge in [0.25, 0.3) is 0 Å². The molecule has 2 aromatic rings. The summed E-state index contributed by atoms with van der Waals surface area (Å²) in [5, 5.41) is 2.90. The zero-order valence-electron chi connectivity index (χ0n) is 15.8. The highest BCUT2D eigenvalue weighted by molar-refractivity contribution is 5.96. The number of aryl methyl sites for hydroxylation is 1. The van der Waals surface area contributed by atoms with E-state index in [2.05, 4.69) is 10.1 Å². The van der Waals surface area contributed by atoms with E-state index in [0.717, 1.165) is 17.7 Å². The smallest absolute Gasteiger partial charge is 0.337 e. The zero-order valence-corrected chi connectivity index (χ0v) is 15.8. The Morgan fingerprint density at radius 3 is 2.30 bits per heavy atom. The van der Waals surface area contributed by atoms with Gasteiger partial charge in [-0.25, -0.2) is 4.79 Å². The van der Waals surface area contributed by atoms with Gasteiger partial charge >= 0.3 is 5.97 Å². The van der Waals surface area contributed by atoms with Crippen LogP contribution in [0.25, 0.3) is 0 Å². The summed E-state index contributed by atoms with van der Waals surface area (Å²) in [5.74, 6) is -0.777. The van der Waals surface area contributed by atoms with Crippen LogP contribution in [0.2, 0.25) is 0 Å². The van der Waals surface area contributed by atoms with E-state index in [1.165, 1.54) is 18.9 Å². The molecule has 0 heterocycles. The van der Waals surface area contributed by atoms with Gasteiger partial charge in [-0.05, 0) is 42.3 Å². The van der Waals surface area contributed by atoms with Crippen molar-refractivity contribution >= 4 is 29.2 Å². The fourth-order valence-electron chi connectivity index (χ4n) is 2.74. The van der Waals surface area contributed by atoms with Gasteiger partial charge in [0.1, 0.15) is 0 Å². The third-order valence-electron chi connectivity index (χ3n) is 4.22. The zero-order chi connectivity index (χ0) is 19.8. The molecule has 2 aromatic carbocycles. The Morgan fingerprint density at radius 2 is 1.70 bits per heavy atom. The SMILES string of the molecule is CCc1ccccc1NC(=O)CCN(C(C)=O)c1ccc(C(=O)OC)cc1. The lowest BCUT2D eigenvalue weighted by molar-refractivity contribution is -0.117. The molecular formula is C21H24N2O4. The molecule has 6 nitrogen and oxygen atoms in total. The molecule has 0 fully saturated rings. The summed E-state index contributed by atoms with van der Waals surface area (Å²) in [6.45, 7) is 3.71. The molecule has 2 rings (SSSR count). The summed E-state index contributed by atoms with van der Waals surface area (Å²) in [6.07, 6.45) is 0.985. The molecule has 6 heteroatoms. The van der Waals surface area contributed by atoms with Crippen LogP contribution < -0.4 is 10.2 Å². The Balaban J connectivity index is 2.03. The van der Waals surface area contributed by atoms with Crippen LogP contribution in [0.4, 0.5) is 11.4 Å². The van der Waals surface area contributed by atoms with E-state index in [-0.39, 0.29) is 24.8 Å². The number of carbonyl (C=O) groups excluding carboxylic acids is 3. The number of carbonyl (C=O) groups is 3. The normalized spacial score (nSPS) is 10.2. The van der Waals surface area contributed by atoms with E-state index in [4.69, 9.17) is 0 Å². The predicted octanol–water partition coefficient (Wildman–Crippen LogP) is 3.42. The molecule has 2 amide bonds. The number of hydrogen-bond acceptors (Lipinski definition) is 4. The minimum atomic E-state index is -0.440. The second-order valence-electron chi connectivity index (χ2n) is 6.02. The first kappa shape index (κ1) is 20.2. The molecule has 0 bridgehead atoms. The summed E-state index contributed by atoms with van der Waals surface area (Å²) in [5.41, 5.74) is 2.88. The number of amides is 2. The lowest BCUT2D eigenvalue weighted by Crippen LogP contribution is -2.32. The lowest BCUT2D eigenvalue weighted by atomic mass is 10.1. The average molecular weight is 368 g/mol. The lowest BCUT2D eigenvalue weighted by Gasteiger charge is -2.21. The molecular weight excluding hydrogens is 344 g/mol. The highest BCUT2D eigenvalue weighted by Crippen LogP contribution is 2.18. The Kier molecular flexibility index (Phi) is 7.11. The first-order valence-corrected chi connectivity index (χ1v) is 8.80. The highest BCUT2D eigenvalue weighted by Gasteiger charge is 2.15. The van der Waals surface area contributed by atoms with Crippen LogP contribution in [0.3, 0.4) is 0 Å². The molecule has 0 radical (unpaired) electrons. The molecule has 0 saturated heterocycles. The second-order valence-corrected chi connectivity index (χ2v) is 6.02. The molecule has 142 valence electrons. The van der Waals surface area contributed by atoms with Crippen LogP contribution in [0.1, 0.15) is 36.2 Å². The number of ether oxygens (including phenoxy) is 1. The summed E-state index contributed by atoms with van der Waals surface area (Å²) in [7, 11) is 1.31. The molecule has 0 aliphatic carbocycles. The maximum atomic E-state index is 12.3. The largest absolute Gasteiger partial charge is 0.465 e. The van der Waals surface area contributed by atoms with Gasteiger partial charge in [0, 0.05) is 31.3 Å². The van der Waals surface area contributed by atoms with E-state index in [0.29, 0.717) is 11.3 Å². The molecule has 0 aliphatic heterocycles. The van der Waals surface area contributed by atoms with Gasteiger partial charge in [0.05, 0.1) is 12.7 Å². The topological polar surface area (TPSA) is 75.7 Å². The van der Waals surface area contributed by atoms with Gasteiger partial charge in [-0.3, -0.25) is 9.59 Å². The number of benzene rings is 2. The van der Waals surface area contributed by atoms with Crippen LogP contribution in [0.5, 0.6) is 0 Å². The molecule has 0 aliphatic rings. The van der Waals surface area contributed by atoms with Gasteiger partial charge in [-0.2, -0.15) is 0 Å². The first-order chi connectivity index (χ1) is 13.0. The van der Waals surface area contributed by atoms with Gasteiger partial charge in [0.2, 0.25) is 11.8 Å². The van der Waals surface area contributed by atoms with E-state index >= 15 is 0 Å². The summed E-state index contributed by atoms with van der Waals surface area (Å²) in [6, 6.07) is 14.2. The van der Waals surface area contributed by atoms with Crippen molar-refractivity contribution in [2.24, 2.45) is 0 Å². The monoisotopic (exact) mass is 368 g/mol. The van der Waals surface area contributed by atoms with Gasteiger partial charge in [-0.15, -0.1) is 0 Å².